The van der Waals surface area contributed by atoms with Gasteiger partial charge in [-0.1, -0.05) is 6.07 Å². The predicted octanol–water partition coefficient (Wildman–Crippen LogP) is 1.41. The van der Waals surface area contributed by atoms with Crippen molar-refractivity contribution in [1.82, 2.24) is 9.38 Å². The molecule has 3 rings (SSSR count). The fourth-order valence-electron chi connectivity index (χ4n) is 2.83. The third kappa shape index (κ3) is 2.19. The monoisotopic (exact) mass is 260 g/mol. The molecule has 1 fully saturated rings. The highest BCUT2D eigenvalue weighted by atomic mass is 16.5. The highest BCUT2D eigenvalue weighted by Crippen LogP contribution is 2.24. The van der Waals surface area contributed by atoms with Gasteiger partial charge in [0.15, 0.2) is 5.82 Å². The molecule has 2 N–H and O–H groups in total. The van der Waals surface area contributed by atoms with Crippen molar-refractivity contribution in [3.63, 3.8) is 0 Å². The zero-order chi connectivity index (χ0) is 13.4. The molecular formula is C14H20N4O. The Labute approximate surface area is 113 Å². The molecule has 0 unspecified atom stereocenters. The second kappa shape index (κ2) is 4.83. The van der Waals surface area contributed by atoms with Crippen LogP contribution in [-0.2, 0) is 11.3 Å². The van der Waals surface area contributed by atoms with E-state index in [1.807, 2.05) is 24.4 Å². The Hall–Kier alpha value is -1.59. The first-order valence-electron chi connectivity index (χ1n) is 6.75. The number of hydrogen-bond donors (Lipinski definition) is 1. The lowest BCUT2D eigenvalue weighted by molar-refractivity contribution is -0.00547. The molecule has 5 nitrogen and oxygen atoms in total. The molecule has 102 valence electrons. The first kappa shape index (κ1) is 12.4. The summed E-state index contributed by atoms with van der Waals surface area (Å²) in [6, 6.07) is 6.01. The van der Waals surface area contributed by atoms with Gasteiger partial charge < -0.3 is 19.8 Å². The minimum atomic E-state index is 0.221. The van der Waals surface area contributed by atoms with E-state index in [1.54, 1.807) is 0 Å². The fourth-order valence-corrected chi connectivity index (χ4v) is 2.83. The van der Waals surface area contributed by atoms with E-state index in [0.29, 0.717) is 6.54 Å². The number of ether oxygens (including phenoxy) is 1. The van der Waals surface area contributed by atoms with Crippen LogP contribution < -0.4 is 10.6 Å². The van der Waals surface area contributed by atoms with E-state index >= 15 is 0 Å². The molecule has 1 saturated heterocycles. The number of aromatic nitrogens is 2. The normalized spacial score (nSPS) is 24.1. The highest BCUT2D eigenvalue weighted by Gasteiger charge is 2.26. The van der Waals surface area contributed by atoms with Crippen molar-refractivity contribution in [2.45, 2.75) is 32.6 Å². The second-order valence-corrected chi connectivity index (χ2v) is 5.18. The number of nitrogens with two attached hydrogens (primary N) is 1. The molecule has 0 aliphatic carbocycles. The zero-order valence-electron chi connectivity index (χ0n) is 11.4. The number of rotatable bonds is 2. The molecule has 0 saturated carbocycles. The standard InChI is InChI=1S/C14H20N4O/c1-10-8-17(9-11(2)19-10)14-12(7-15)18-6-4-3-5-13(18)16-14/h3-6,10-11H,7-9,15H2,1-2H3/t10-,11+. The summed E-state index contributed by atoms with van der Waals surface area (Å²) >= 11 is 0. The molecule has 0 spiro atoms. The maximum Gasteiger partial charge on any atom is 0.152 e. The number of morpholine rings is 1. The number of fused-ring (bicyclic) bond motifs is 1. The smallest absolute Gasteiger partial charge is 0.152 e. The lowest BCUT2D eigenvalue weighted by Crippen LogP contribution is -2.46. The van der Waals surface area contributed by atoms with Crippen molar-refractivity contribution in [3.8, 4) is 0 Å². The van der Waals surface area contributed by atoms with Crippen molar-refractivity contribution < 1.29 is 4.74 Å². The molecule has 2 aromatic heterocycles. The van der Waals surface area contributed by atoms with E-state index in [0.717, 1.165) is 30.2 Å². The summed E-state index contributed by atoms with van der Waals surface area (Å²) < 4.78 is 7.85. The van der Waals surface area contributed by atoms with Crippen LogP contribution in [0.2, 0.25) is 0 Å². The Balaban J connectivity index is 2.04. The first-order chi connectivity index (χ1) is 9.19. The van der Waals surface area contributed by atoms with Gasteiger partial charge in [-0.15, -0.1) is 0 Å². The number of nitrogens with zero attached hydrogens (tertiary/aromatic N) is 3. The molecule has 19 heavy (non-hydrogen) atoms. The van der Waals surface area contributed by atoms with Crippen LogP contribution in [0, 0.1) is 0 Å². The molecule has 3 heterocycles. The Morgan fingerprint density at radius 3 is 2.74 bits per heavy atom. The maximum absolute atomic E-state index is 5.92. The van der Waals surface area contributed by atoms with E-state index < -0.39 is 0 Å². The molecule has 0 aromatic carbocycles. The molecule has 0 amide bonds. The Kier molecular flexibility index (Phi) is 3.16. The average molecular weight is 260 g/mol. The van der Waals surface area contributed by atoms with E-state index in [4.69, 9.17) is 15.5 Å². The van der Waals surface area contributed by atoms with Gasteiger partial charge >= 0.3 is 0 Å². The molecule has 1 aliphatic rings. The van der Waals surface area contributed by atoms with Crippen molar-refractivity contribution in [3.05, 3.63) is 30.1 Å². The largest absolute Gasteiger partial charge is 0.372 e. The van der Waals surface area contributed by atoms with Crippen LogP contribution in [0.4, 0.5) is 5.82 Å². The number of anilines is 1. The lowest BCUT2D eigenvalue weighted by atomic mass is 10.2. The SMILES string of the molecule is C[C@@H]1CN(c2nc3ccccn3c2CN)C[C@H](C)O1. The van der Waals surface area contributed by atoms with E-state index in [-0.39, 0.29) is 12.2 Å². The van der Waals surface area contributed by atoms with Gasteiger partial charge in [0.1, 0.15) is 5.65 Å². The van der Waals surface area contributed by atoms with Crippen molar-refractivity contribution in [2.75, 3.05) is 18.0 Å². The molecule has 0 bridgehead atoms. The minimum absolute atomic E-state index is 0.221. The molecule has 0 radical (unpaired) electrons. The van der Waals surface area contributed by atoms with Crippen LogP contribution >= 0.6 is 0 Å². The van der Waals surface area contributed by atoms with Crippen LogP contribution in [0.1, 0.15) is 19.5 Å². The molecular weight excluding hydrogens is 240 g/mol. The van der Waals surface area contributed by atoms with Gasteiger partial charge in [-0.2, -0.15) is 0 Å². The Morgan fingerprint density at radius 2 is 2.05 bits per heavy atom. The number of pyridine rings is 1. The van der Waals surface area contributed by atoms with E-state index in [9.17, 15) is 0 Å². The van der Waals surface area contributed by atoms with Crippen LogP contribution in [-0.4, -0.2) is 34.7 Å². The quantitative estimate of drug-likeness (QED) is 0.887. The first-order valence-corrected chi connectivity index (χ1v) is 6.75. The van der Waals surface area contributed by atoms with Gasteiger partial charge in [-0.25, -0.2) is 4.98 Å². The van der Waals surface area contributed by atoms with Gasteiger partial charge in [0.05, 0.1) is 17.9 Å². The molecule has 2 aromatic rings. The van der Waals surface area contributed by atoms with Crippen LogP contribution in [0.3, 0.4) is 0 Å². The Bertz CT molecular complexity index is 570. The van der Waals surface area contributed by atoms with Crippen molar-refractivity contribution in [1.29, 1.82) is 0 Å². The van der Waals surface area contributed by atoms with Gasteiger partial charge in [-0.3, -0.25) is 0 Å². The third-order valence-corrected chi connectivity index (χ3v) is 3.52. The maximum atomic E-state index is 5.92. The van der Waals surface area contributed by atoms with Crippen molar-refractivity contribution >= 4 is 11.5 Å². The average Bonchev–Trinajstić information content (AvgIpc) is 2.76. The molecule has 2 atom stereocenters. The van der Waals surface area contributed by atoms with Crippen LogP contribution in [0.15, 0.2) is 24.4 Å². The van der Waals surface area contributed by atoms with E-state index in [1.165, 1.54) is 0 Å². The lowest BCUT2D eigenvalue weighted by Gasteiger charge is -2.36. The Morgan fingerprint density at radius 1 is 1.32 bits per heavy atom. The topological polar surface area (TPSA) is 55.8 Å². The number of hydrogen-bond acceptors (Lipinski definition) is 4. The fraction of sp³-hybridized carbons (Fsp3) is 0.500. The summed E-state index contributed by atoms with van der Waals surface area (Å²) in [5.41, 5.74) is 7.93. The second-order valence-electron chi connectivity index (χ2n) is 5.18. The van der Waals surface area contributed by atoms with E-state index in [2.05, 4.69) is 23.1 Å². The van der Waals surface area contributed by atoms with Gasteiger partial charge in [0.2, 0.25) is 0 Å². The predicted molar refractivity (Wildman–Crippen MR) is 75.3 cm³/mol. The minimum Gasteiger partial charge on any atom is -0.372 e. The summed E-state index contributed by atoms with van der Waals surface area (Å²) in [5, 5.41) is 0. The summed E-state index contributed by atoms with van der Waals surface area (Å²) in [5.74, 6) is 0.996. The molecule has 1 aliphatic heterocycles. The van der Waals surface area contributed by atoms with Crippen LogP contribution in [0.5, 0.6) is 0 Å². The van der Waals surface area contributed by atoms with Crippen molar-refractivity contribution in [2.24, 2.45) is 5.73 Å². The van der Waals surface area contributed by atoms with Gasteiger partial charge in [-0.05, 0) is 26.0 Å². The molecule has 5 heteroatoms. The summed E-state index contributed by atoms with van der Waals surface area (Å²) in [6.07, 6.45) is 2.46. The number of imidazole rings is 1. The summed E-state index contributed by atoms with van der Waals surface area (Å²) in [7, 11) is 0. The third-order valence-electron chi connectivity index (χ3n) is 3.52. The van der Waals surface area contributed by atoms with Crippen LogP contribution in [0.25, 0.3) is 5.65 Å². The van der Waals surface area contributed by atoms with Gasteiger partial charge in [0.25, 0.3) is 0 Å². The van der Waals surface area contributed by atoms with Gasteiger partial charge in [0, 0.05) is 25.8 Å². The summed E-state index contributed by atoms with van der Waals surface area (Å²) in [4.78, 5) is 7.02. The highest BCUT2D eigenvalue weighted by molar-refractivity contribution is 5.56. The zero-order valence-corrected chi connectivity index (χ0v) is 11.4. The summed E-state index contributed by atoms with van der Waals surface area (Å²) in [6.45, 7) is 6.41.